The number of hydrogen-bond donors (Lipinski definition) is 0. The second-order valence-corrected chi connectivity index (χ2v) is 15.8. The van der Waals surface area contributed by atoms with Gasteiger partial charge in [-0.05, 0) is 25.2 Å². The van der Waals surface area contributed by atoms with Crippen molar-refractivity contribution in [2.75, 3.05) is 13.2 Å². The predicted molar refractivity (Wildman–Crippen MR) is 215 cm³/mol. The molecule has 0 saturated carbocycles. The summed E-state index contributed by atoms with van der Waals surface area (Å²) in [4.78, 5) is 37.4. The van der Waals surface area contributed by atoms with Crippen LogP contribution in [0.15, 0.2) is 0 Å². The molecular weight excluding hydrogens is 636 g/mol. The predicted octanol–water partition coefficient (Wildman–Crippen LogP) is 13.9. The summed E-state index contributed by atoms with van der Waals surface area (Å²) in [5, 5.41) is 0. The first-order valence-electron chi connectivity index (χ1n) is 22.4. The Morgan fingerprint density at radius 2 is 0.647 bits per heavy atom. The van der Waals surface area contributed by atoms with Crippen LogP contribution in [0.3, 0.4) is 0 Å². The van der Waals surface area contributed by atoms with E-state index in [-0.39, 0.29) is 31.1 Å². The number of hydrogen-bond acceptors (Lipinski definition) is 6. The van der Waals surface area contributed by atoms with Crippen molar-refractivity contribution < 1.29 is 28.6 Å². The lowest BCUT2D eigenvalue weighted by molar-refractivity contribution is -0.167. The van der Waals surface area contributed by atoms with Gasteiger partial charge in [0, 0.05) is 19.3 Å². The third-order valence-electron chi connectivity index (χ3n) is 10.0. The number of esters is 3. The zero-order valence-corrected chi connectivity index (χ0v) is 34.6. The summed E-state index contributed by atoms with van der Waals surface area (Å²) in [6.45, 7) is 8.92. The molecule has 0 aromatic rings. The molecule has 0 aromatic heterocycles. The van der Waals surface area contributed by atoms with Gasteiger partial charge < -0.3 is 14.2 Å². The van der Waals surface area contributed by atoms with E-state index in [1.165, 1.54) is 135 Å². The van der Waals surface area contributed by atoms with E-state index in [0.29, 0.717) is 19.3 Å². The smallest absolute Gasteiger partial charge is 0.306 e. The van der Waals surface area contributed by atoms with Gasteiger partial charge in [-0.1, -0.05) is 207 Å². The van der Waals surface area contributed by atoms with Gasteiger partial charge in [-0.15, -0.1) is 0 Å². The molecule has 0 radical (unpaired) electrons. The summed E-state index contributed by atoms with van der Waals surface area (Å²) >= 11 is 0. The molecule has 0 aliphatic heterocycles. The fourth-order valence-electron chi connectivity index (χ4n) is 6.63. The van der Waals surface area contributed by atoms with Crippen molar-refractivity contribution in [3.05, 3.63) is 0 Å². The topological polar surface area (TPSA) is 78.9 Å². The highest BCUT2D eigenvalue weighted by atomic mass is 16.6. The minimum atomic E-state index is -0.757. The van der Waals surface area contributed by atoms with Crippen LogP contribution >= 0.6 is 0 Å². The maximum absolute atomic E-state index is 12.6. The van der Waals surface area contributed by atoms with Crippen LogP contribution in [0.4, 0.5) is 0 Å². The number of ether oxygens (including phenoxy) is 3. The van der Waals surface area contributed by atoms with Gasteiger partial charge >= 0.3 is 17.9 Å². The number of carbonyl (C=O) groups excluding carboxylic acids is 3. The lowest BCUT2D eigenvalue weighted by Crippen LogP contribution is -2.30. The van der Waals surface area contributed by atoms with Crippen LogP contribution in [0.5, 0.6) is 0 Å². The molecular formula is C45H86O6. The number of carbonyl (C=O) groups is 3. The van der Waals surface area contributed by atoms with E-state index >= 15 is 0 Å². The normalized spacial score (nSPS) is 11.9. The molecule has 6 heteroatoms. The molecule has 0 saturated heterocycles. The number of rotatable bonds is 40. The molecule has 6 nitrogen and oxygen atoms in total. The Bertz CT molecular complexity index is 766. The third kappa shape index (κ3) is 39.5. The average Bonchev–Trinajstić information content (AvgIpc) is 3.11. The maximum Gasteiger partial charge on any atom is 0.306 e. The fraction of sp³-hybridized carbons (Fsp3) is 0.933. The van der Waals surface area contributed by atoms with Crippen molar-refractivity contribution in [3.63, 3.8) is 0 Å². The van der Waals surface area contributed by atoms with Crippen LogP contribution < -0.4 is 0 Å². The Labute approximate surface area is 317 Å². The Kier molecular flexibility index (Phi) is 38.4. The van der Waals surface area contributed by atoms with Crippen molar-refractivity contribution in [3.8, 4) is 0 Å². The van der Waals surface area contributed by atoms with Crippen LogP contribution in [0.1, 0.15) is 246 Å². The van der Waals surface area contributed by atoms with Gasteiger partial charge in [-0.2, -0.15) is 0 Å². The summed E-state index contributed by atoms with van der Waals surface area (Å²) in [7, 11) is 0. The lowest BCUT2D eigenvalue weighted by atomic mass is 10.0. The van der Waals surface area contributed by atoms with Gasteiger partial charge in [0.05, 0.1) is 0 Å². The zero-order chi connectivity index (χ0) is 37.5. The standard InChI is InChI=1S/C45H86O6/c1-5-7-9-11-12-13-18-23-26-30-34-38-45(48)51-42(39-49-43(46)36-32-27-10-8-6-2)40-50-44(47)37-33-29-25-22-20-17-15-14-16-19-21-24-28-31-35-41(3)4/h41-42H,5-40H2,1-4H3/t42-/m0/s1. The Morgan fingerprint density at radius 1 is 0.373 bits per heavy atom. The van der Waals surface area contributed by atoms with Crippen LogP contribution in [-0.4, -0.2) is 37.2 Å². The molecule has 0 aromatic carbocycles. The molecule has 0 aliphatic rings. The third-order valence-corrected chi connectivity index (χ3v) is 10.0. The van der Waals surface area contributed by atoms with E-state index < -0.39 is 6.10 Å². The largest absolute Gasteiger partial charge is 0.462 e. The van der Waals surface area contributed by atoms with Crippen molar-refractivity contribution in [1.29, 1.82) is 0 Å². The second-order valence-electron chi connectivity index (χ2n) is 15.8. The van der Waals surface area contributed by atoms with Gasteiger partial charge in [-0.25, -0.2) is 0 Å². The SMILES string of the molecule is CCCCCCCCCCCCCC(=O)O[C@@H](COC(=O)CCCCCCC)COC(=O)CCCCCCCCCCCCCCCCC(C)C. The van der Waals surface area contributed by atoms with E-state index in [1.807, 2.05) is 0 Å². The summed E-state index contributed by atoms with van der Waals surface area (Å²) in [5.74, 6) is -0.0247. The van der Waals surface area contributed by atoms with Gasteiger partial charge in [0.1, 0.15) is 13.2 Å². The molecule has 0 heterocycles. The van der Waals surface area contributed by atoms with Crippen molar-refractivity contribution in [2.45, 2.75) is 252 Å². The van der Waals surface area contributed by atoms with Crippen molar-refractivity contribution >= 4 is 17.9 Å². The molecule has 0 spiro atoms. The van der Waals surface area contributed by atoms with Gasteiger partial charge in [0.2, 0.25) is 0 Å². The Balaban J connectivity index is 4.14. The highest BCUT2D eigenvalue weighted by molar-refractivity contribution is 5.71. The van der Waals surface area contributed by atoms with Crippen LogP contribution in [0, 0.1) is 5.92 Å². The van der Waals surface area contributed by atoms with E-state index in [9.17, 15) is 14.4 Å². The second kappa shape index (κ2) is 39.6. The van der Waals surface area contributed by atoms with Crippen LogP contribution in [0.25, 0.3) is 0 Å². The first-order chi connectivity index (χ1) is 24.9. The van der Waals surface area contributed by atoms with Crippen LogP contribution in [0.2, 0.25) is 0 Å². The Hall–Kier alpha value is -1.59. The summed E-state index contributed by atoms with van der Waals surface area (Å²) in [6, 6.07) is 0. The van der Waals surface area contributed by atoms with E-state index in [0.717, 1.165) is 70.1 Å². The van der Waals surface area contributed by atoms with E-state index in [2.05, 4.69) is 27.7 Å². The maximum atomic E-state index is 12.6. The minimum Gasteiger partial charge on any atom is -0.462 e. The van der Waals surface area contributed by atoms with Crippen molar-refractivity contribution in [2.24, 2.45) is 5.92 Å². The minimum absolute atomic E-state index is 0.0647. The molecule has 0 fully saturated rings. The molecule has 0 unspecified atom stereocenters. The monoisotopic (exact) mass is 723 g/mol. The lowest BCUT2D eigenvalue weighted by Gasteiger charge is -2.18. The quantitative estimate of drug-likeness (QED) is 0.0356. The molecule has 302 valence electrons. The van der Waals surface area contributed by atoms with Crippen molar-refractivity contribution in [1.82, 2.24) is 0 Å². The molecule has 51 heavy (non-hydrogen) atoms. The first kappa shape index (κ1) is 49.4. The molecule has 0 aliphatic carbocycles. The molecule has 0 bridgehead atoms. The molecule has 0 rings (SSSR count). The summed E-state index contributed by atoms with van der Waals surface area (Å²) in [5.41, 5.74) is 0. The molecule has 1 atom stereocenters. The van der Waals surface area contributed by atoms with Gasteiger partial charge in [-0.3, -0.25) is 14.4 Å². The van der Waals surface area contributed by atoms with Crippen LogP contribution in [-0.2, 0) is 28.6 Å². The van der Waals surface area contributed by atoms with E-state index in [4.69, 9.17) is 14.2 Å². The highest BCUT2D eigenvalue weighted by Gasteiger charge is 2.19. The fourth-order valence-corrected chi connectivity index (χ4v) is 6.63. The van der Waals surface area contributed by atoms with Gasteiger partial charge in [0.15, 0.2) is 6.10 Å². The molecule has 0 amide bonds. The molecule has 0 N–H and O–H groups in total. The van der Waals surface area contributed by atoms with E-state index in [1.54, 1.807) is 0 Å². The Morgan fingerprint density at radius 3 is 0.961 bits per heavy atom. The first-order valence-corrected chi connectivity index (χ1v) is 22.4. The summed E-state index contributed by atoms with van der Waals surface area (Å²) in [6.07, 6.45) is 38.3. The summed E-state index contributed by atoms with van der Waals surface area (Å²) < 4.78 is 16.6. The van der Waals surface area contributed by atoms with Gasteiger partial charge in [0.25, 0.3) is 0 Å². The zero-order valence-electron chi connectivity index (χ0n) is 34.6. The average molecular weight is 723 g/mol. The number of unbranched alkanes of at least 4 members (excludes halogenated alkanes) is 27. The highest BCUT2D eigenvalue weighted by Crippen LogP contribution is 2.16.